The number of carbonyl (C=O) groups is 1. The normalized spacial score (nSPS) is 15.0. The van der Waals surface area contributed by atoms with Crippen molar-refractivity contribution in [1.82, 2.24) is 4.90 Å². The van der Waals surface area contributed by atoms with Crippen LogP contribution in [0.1, 0.15) is 31.6 Å². The van der Waals surface area contributed by atoms with E-state index < -0.39 is 23.4 Å². The van der Waals surface area contributed by atoms with Crippen molar-refractivity contribution in [2.45, 2.75) is 31.8 Å². The number of methoxy groups -OCH3 is 1. The van der Waals surface area contributed by atoms with Gasteiger partial charge in [-0.1, -0.05) is 0 Å². The van der Waals surface area contributed by atoms with Crippen LogP contribution in [0.4, 0.5) is 19.3 Å². The van der Waals surface area contributed by atoms with E-state index in [-0.39, 0.29) is 17.8 Å². The minimum Gasteiger partial charge on any atom is -0.491 e. The van der Waals surface area contributed by atoms with Crippen molar-refractivity contribution in [3.8, 4) is 5.75 Å². The van der Waals surface area contributed by atoms with Gasteiger partial charge in [-0.3, -0.25) is 0 Å². The molecule has 24 heavy (non-hydrogen) atoms. The van der Waals surface area contributed by atoms with Gasteiger partial charge in [0, 0.05) is 23.9 Å². The van der Waals surface area contributed by atoms with E-state index in [0.29, 0.717) is 5.76 Å². The molecule has 0 unspecified atom stereocenters. The fraction of sp³-hybridized carbons (Fsp3) is 0.353. The van der Waals surface area contributed by atoms with Gasteiger partial charge in [0.1, 0.15) is 5.76 Å². The fourth-order valence-corrected chi connectivity index (χ4v) is 2.69. The summed E-state index contributed by atoms with van der Waals surface area (Å²) in [7, 11) is 1.18. The first kappa shape index (κ1) is 16.3. The molecule has 128 valence electrons. The number of urea groups is 1. The number of anilines is 1. The number of carbonyl (C=O) groups excluding carboxylic acids is 1. The van der Waals surface area contributed by atoms with Crippen molar-refractivity contribution in [2.75, 3.05) is 12.4 Å². The van der Waals surface area contributed by atoms with Crippen LogP contribution in [-0.4, -0.2) is 24.1 Å². The Morgan fingerprint density at radius 1 is 1.38 bits per heavy atom. The van der Waals surface area contributed by atoms with E-state index in [2.05, 4.69) is 10.1 Å². The Hall–Kier alpha value is -2.57. The van der Waals surface area contributed by atoms with Crippen LogP contribution in [0, 0.1) is 11.6 Å². The van der Waals surface area contributed by atoms with E-state index in [1.165, 1.54) is 7.11 Å². The molecule has 2 aromatic rings. The van der Waals surface area contributed by atoms with Gasteiger partial charge in [-0.15, -0.1) is 0 Å². The molecular weight excluding hydrogens is 318 g/mol. The minimum atomic E-state index is -0.871. The molecule has 0 bridgehead atoms. The Morgan fingerprint density at radius 2 is 2.04 bits per heavy atom. The van der Waals surface area contributed by atoms with Gasteiger partial charge in [-0.05, 0) is 31.9 Å². The van der Waals surface area contributed by atoms with Crippen LogP contribution in [0.25, 0.3) is 0 Å². The lowest BCUT2D eigenvalue weighted by atomic mass is 10.2. The third-order valence-corrected chi connectivity index (χ3v) is 4.00. The highest BCUT2D eigenvalue weighted by Gasteiger charge is 2.37. The van der Waals surface area contributed by atoms with E-state index >= 15 is 0 Å². The van der Waals surface area contributed by atoms with Gasteiger partial charge >= 0.3 is 6.03 Å². The largest absolute Gasteiger partial charge is 0.491 e. The fourth-order valence-electron chi connectivity index (χ4n) is 2.69. The van der Waals surface area contributed by atoms with E-state index in [1.54, 1.807) is 23.3 Å². The molecular formula is C17H18F2N2O3. The van der Waals surface area contributed by atoms with Crippen molar-refractivity contribution < 1.29 is 22.7 Å². The summed E-state index contributed by atoms with van der Waals surface area (Å²) in [6.07, 6.45) is 3.33. The summed E-state index contributed by atoms with van der Waals surface area (Å²) < 4.78 is 37.5. The average Bonchev–Trinajstić information content (AvgIpc) is 3.19. The number of hydrogen-bond acceptors (Lipinski definition) is 3. The van der Waals surface area contributed by atoms with Crippen LogP contribution >= 0.6 is 0 Å². The number of furan rings is 1. The van der Waals surface area contributed by atoms with E-state index in [4.69, 9.17) is 4.42 Å². The van der Waals surface area contributed by atoms with Gasteiger partial charge in [0.2, 0.25) is 0 Å². The number of amides is 2. The molecule has 5 nitrogen and oxygen atoms in total. The second-order valence-electron chi connectivity index (χ2n) is 5.73. The number of ether oxygens (including phenoxy) is 1. The van der Waals surface area contributed by atoms with Gasteiger partial charge in [-0.25, -0.2) is 13.6 Å². The van der Waals surface area contributed by atoms with Crippen molar-refractivity contribution in [3.63, 3.8) is 0 Å². The maximum atomic E-state index is 13.8. The molecule has 1 aromatic heterocycles. The predicted molar refractivity (Wildman–Crippen MR) is 83.9 cm³/mol. The molecule has 1 aliphatic carbocycles. The van der Waals surface area contributed by atoms with E-state index in [1.807, 2.05) is 6.92 Å². The Bertz CT molecular complexity index is 706. The molecule has 1 N–H and O–H groups in total. The molecule has 0 spiro atoms. The number of rotatable bonds is 5. The Morgan fingerprint density at radius 3 is 2.54 bits per heavy atom. The lowest BCUT2D eigenvalue weighted by Crippen LogP contribution is -2.38. The standard InChI is InChI=1S/C17H18F2N2O3/c1-10(15-4-3-7-24-15)21(12-5-6-12)17(22)20-11-8-13(18)16(23-2)14(19)9-11/h3-4,7-10,12H,5-6H2,1-2H3,(H,20,22)/t10-/m1/s1. The molecule has 1 atom stereocenters. The van der Waals surface area contributed by atoms with Gasteiger partial charge < -0.3 is 19.4 Å². The number of hydrogen-bond donors (Lipinski definition) is 1. The second kappa shape index (κ2) is 6.51. The number of nitrogens with zero attached hydrogens (tertiary/aromatic N) is 1. The summed E-state index contributed by atoms with van der Waals surface area (Å²) in [5.74, 6) is -1.56. The Labute approximate surface area is 138 Å². The molecule has 1 fully saturated rings. The first-order valence-electron chi connectivity index (χ1n) is 7.67. The Kier molecular flexibility index (Phi) is 4.42. The summed E-state index contributed by atoms with van der Waals surface area (Å²) in [6.45, 7) is 1.85. The molecule has 0 aliphatic heterocycles. The number of halogens is 2. The zero-order chi connectivity index (χ0) is 17.3. The zero-order valence-electron chi connectivity index (χ0n) is 13.4. The van der Waals surface area contributed by atoms with Gasteiger partial charge in [0.05, 0.1) is 19.4 Å². The maximum Gasteiger partial charge on any atom is 0.322 e. The van der Waals surface area contributed by atoms with Crippen molar-refractivity contribution in [3.05, 3.63) is 47.9 Å². The van der Waals surface area contributed by atoms with Crippen molar-refractivity contribution >= 4 is 11.7 Å². The quantitative estimate of drug-likeness (QED) is 0.884. The molecule has 1 saturated carbocycles. The highest BCUT2D eigenvalue weighted by Crippen LogP contribution is 2.35. The second-order valence-corrected chi connectivity index (χ2v) is 5.73. The first-order valence-corrected chi connectivity index (χ1v) is 7.67. The third kappa shape index (κ3) is 3.20. The molecule has 3 rings (SSSR count). The lowest BCUT2D eigenvalue weighted by molar-refractivity contribution is 0.179. The van der Waals surface area contributed by atoms with Crippen LogP contribution < -0.4 is 10.1 Å². The lowest BCUT2D eigenvalue weighted by Gasteiger charge is -2.28. The highest BCUT2D eigenvalue weighted by molar-refractivity contribution is 5.90. The summed E-state index contributed by atoms with van der Waals surface area (Å²) >= 11 is 0. The summed E-state index contributed by atoms with van der Waals surface area (Å²) in [6, 6.07) is 5.00. The topological polar surface area (TPSA) is 54.7 Å². The van der Waals surface area contributed by atoms with Crippen molar-refractivity contribution in [2.24, 2.45) is 0 Å². The number of nitrogens with one attached hydrogen (secondary N) is 1. The molecule has 1 aliphatic rings. The molecule has 1 heterocycles. The predicted octanol–water partition coefficient (Wildman–Crippen LogP) is 4.32. The first-order chi connectivity index (χ1) is 11.5. The minimum absolute atomic E-state index is 0.0353. The van der Waals surface area contributed by atoms with E-state index in [9.17, 15) is 13.6 Å². The van der Waals surface area contributed by atoms with Gasteiger partial charge in [0.25, 0.3) is 0 Å². The van der Waals surface area contributed by atoms with Crippen molar-refractivity contribution in [1.29, 1.82) is 0 Å². The number of benzene rings is 1. The summed E-state index contributed by atoms with van der Waals surface area (Å²) in [5.41, 5.74) is 0.0353. The zero-order valence-corrected chi connectivity index (χ0v) is 13.4. The highest BCUT2D eigenvalue weighted by atomic mass is 19.1. The molecule has 0 saturated heterocycles. The van der Waals surface area contributed by atoms with Crippen LogP contribution in [0.3, 0.4) is 0 Å². The van der Waals surface area contributed by atoms with Gasteiger partial charge in [0.15, 0.2) is 17.4 Å². The van der Waals surface area contributed by atoms with Gasteiger partial charge in [-0.2, -0.15) is 0 Å². The molecule has 2 amide bonds. The van der Waals surface area contributed by atoms with Crippen LogP contribution in [0.2, 0.25) is 0 Å². The maximum absolute atomic E-state index is 13.8. The summed E-state index contributed by atoms with van der Waals surface area (Å²) in [5, 5.41) is 2.55. The van der Waals surface area contributed by atoms with Crippen LogP contribution in [0.15, 0.2) is 34.9 Å². The molecule has 0 radical (unpaired) electrons. The smallest absolute Gasteiger partial charge is 0.322 e. The third-order valence-electron chi connectivity index (χ3n) is 4.00. The average molecular weight is 336 g/mol. The molecule has 1 aromatic carbocycles. The summed E-state index contributed by atoms with van der Waals surface area (Å²) in [4.78, 5) is 14.2. The Balaban J connectivity index is 1.79. The SMILES string of the molecule is COc1c(F)cc(NC(=O)N(C2CC2)[C@H](C)c2ccco2)cc1F. The van der Waals surface area contributed by atoms with Crippen LogP contribution in [0.5, 0.6) is 5.75 Å². The van der Waals surface area contributed by atoms with E-state index in [0.717, 1.165) is 25.0 Å². The van der Waals surface area contributed by atoms with Crippen LogP contribution in [-0.2, 0) is 0 Å². The monoisotopic (exact) mass is 336 g/mol. The molecule has 7 heteroatoms.